The highest BCUT2D eigenvalue weighted by molar-refractivity contribution is 5.92. The van der Waals surface area contributed by atoms with Gasteiger partial charge in [-0.2, -0.15) is 5.10 Å². The summed E-state index contributed by atoms with van der Waals surface area (Å²) in [6, 6.07) is 8.04. The largest absolute Gasteiger partial charge is 0.390 e. The van der Waals surface area contributed by atoms with Crippen molar-refractivity contribution in [2.24, 2.45) is 7.05 Å². The maximum absolute atomic E-state index is 10.7. The molecule has 2 aromatic heterocycles. The van der Waals surface area contributed by atoms with E-state index in [0.29, 0.717) is 11.3 Å². The Balaban J connectivity index is 2.21. The molecule has 0 atom stereocenters. The molecule has 0 spiro atoms. The molecule has 7 heteroatoms. The van der Waals surface area contributed by atoms with Crippen LogP contribution in [-0.4, -0.2) is 24.8 Å². The Kier molecular flexibility index (Phi) is 3.11. The molecule has 0 saturated carbocycles. The summed E-state index contributed by atoms with van der Waals surface area (Å²) in [6.45, 7) is -0.179. The Morgan fingerprint density at radius 3 is 2.67 bits per heavy atom. The van der Waals surface area contributed by atoms with Gasteiger partial charge in [-0.05, 0) is 29.3 Å². The van der Waals surface area contributed by atoms with Crippen LogP contribution in [0.4, 0.5) is 5.69 Å². The summed E-state index contributed by atoms with van der Waals surface area (Å²) in [5.41, 5.74) is 2.88. The van der Waals surface area contributed by atoms with E-state index in [-0.39, 0.29) is 12.3 Å². The Labute approximate surface area is 119 Å². The third-order valence-electron chi connectivity index (χ3n) is 3.31. The number of hydrogen-bond donors (Lipinski definition) is 1. The zero-order chi connectivity index (χ0) is 15.0. The molecule has 0 aliphatic carbocycles. The van der Waals surface area contributed by atoms with Crippen LogP contribution in [0.1, 0.15) is 5.69 Å². The first-order chi connectivity index (χ1) is 10.1. The number of aromatic nitrogens is 3. The number of aryl methyl sites for hydroxylation is 1. The molecule has 0 aliphatic rings. The summed E-state index contributed by atoms with van der Waals surface area (Å²) in [5.74, 6) is 0. The van der Waals surface area contributed by atoms with Gasteiger partial charge in [-0.15, -0.1) is 0 Å². The smallest absolute Gasteiger partial charge is 0.269 e. The van der Waals surface area contributed by atoms with Gasteiger partial charge in [0.1, 0.15) is 0 Å². The molecule has 1 aromatic carbocycles. The molecule has 3 rings (SSSR count). The summed E-state index contributed by atoms with van der Waals surface area (Å²) < 4.78 is 1.63. The molecule has 0 unspecified atom stereocenters. The molecule has 106 valence electrons. The maximum Gasteiger partial charge on any atom is 0.269 e. The number of nitro groups is 1. The van der Waals surface area contributed by atoms with E-state index in [2.05, 4.69) is 10.1 Å². The number of nitrogens with zero attached hydrogens (tertiary/aromatic N) is 4. The molecule has 0 aliphatic heterocycles. The summed E-state index contributed by atoms with van der Waals surface area (Å²) in [6.07, 6.45) is 1.69. The standard InChI is InChI=1S/C14H12N4O3/c1-17-14-13(7-15-17)12(6-10(8-19)16-14)9-2-4-11(5-3-9)18(20)21/h2-7,19H,8H2,1H3. The molecule has 21 heavy (non-hydrogen) atoms. The van der Waals surface area contributed by atoms with Gasteiger partial charge in [0.25, 0.3) is 5.69 Å². The number of fused-ring (bicyclic) bond motifs is 1. The fourth-order valence-corrected chi connectivity index (χ4v) is 2.25. The number of aliphatic hydroxyl groups excluding tert-OH is 1. The normalized spacial score (nSPS) is 11.0. The molecular weight excluding hydrogens is 272 g/mol. The molecular formula is C14H12N4O3. The first-order valence-electron chi connectivity index (χ1n) is 6.27. The van der Waals surface area contributed by atoms with E-state index in [0.717, 1.165) is 16.5 Å². The lowest BCUT2D eigenvalue weighted by molar-refractivity contribution is -0.384. The minimum absolute atomic E-state index is 0.0395. The Hall–Kier alpha value is -2.80. The topological polar surface area (TPSA) is 94.1 Å². The second-order valence-electron chi connectivity index (χ2n) is 4.63. The lowest BCUT2D eigenvalue weighted by Crippen LogP contribution is -1.97. The minimum atomic E-state index is -0.435. The minimum Gasteiger partial charge on any atom is -0.390 e. The van der Waals surface area contributed by atoms with Crippen LogP contribution in [0.25, 0.3) is 22.2 Å². The average Bonchev–Trinajstić information content (AvgIpc) is 2.88. The van der Waals surface area contributed by atoms with E-state index in [4.69, 9.17) is 0 Å². The molecule has 7 nitrogen and oxygen atoms in total. The highest BCUT2D eigenvalue weighted by Crippen LogP contribution is 2.29. The van der Waals surface area contributed by atoms with E-state index >= 15 is 0 Å². The molecule has 0 fully saturated rings. The predicted octanol–water partition coefficient (Wildman–Crippen LogP) is 2.04. The number of pyridine rings is 1. The Morgan fingerprint density at radius 2 is 2.05 bits per heavy atom. The van der Waals surface area contributed by atoms with Crippen molar-refractivity contribution in [3.05, 3.63) is 52.3 Å². The fourth-order valence-electron chi connectivity index (χ4n) is 2.25. The summed E-state index contributed by atoms with van der Waals surface area (Å²) in [5, 5.41) is 25.1. The number of benzene rings is 1. The van der Waals surface area contributed by atoms with Crippen LogP contribution < -0.4 is 0 Å². The van der Waals surface area contributed by atoms with E-state index < -0.39 is 4.92 Å². The average molecular weight is 284 g/mol. The maximum atomic E-state index is 10.7. The van der Waals surface area contributed by atoms with Crippen LogP contribution in [-0.2, 0) is 13.7 Å². The van der Waals surface area contributed by atoms with Gasteiger partial charge in [-0.3, -0.25) is 14.8 Å². The van der Waals surface area contributed by atoms with Crippen LogP contribution in [0.15, 0.2) is 36.5 Å². The third-order valence-corrected chi connectivity index (χ3v) is 3.31. The van der Waals surface area contributed by atoms with E-state index in [1.54, 1.807) is 36.1 Å². The summed E-state index contributed by atoms with van der Waals surface area (Å²) in [7, 11) is 1.77. The van der Waals surface area contributed by atoms with Gasteiger partial charge in [0.15, 0.2) is 5.65 Å². The van der Waals surface area contributed by atoms with Crippen molar-refractivity contribution in [1.29, 1.82) is 0 Å². The summed E-state index contributed by atoms with van der Waals surface area (Å²) in [4.78, 5) is 14.6. The van der Waals surface area contributed by atoms with Crippen molar-refractivity contribution >= 4 is 16.7 Å². The Morgan fingerprint density at radius 1 is 1.33 bits per heavy atom. The SMILES string of the molecule is Cn1ncc2c(-c3ccc([N+](=O)[O-])cc3)cc(CO)nc21. The van der Waals surface area contributed by atoms with E-state index in [1.165, 1.54) is 12.1 Å². The molecule has 2 heterocycles. The van der Waals surface area contributed by atoms with Crippen LogP contribution in [0.2, 0.25) is 0 Å². The van der Waals surface area contributed by atoms with Gasteiger partial charge in [0.05, 0.1) is 23.4 Å². The van der Waals surface area contributed by atoms with Gasteiger partial charge in [-0.1, -0.05) is 0 Å². The molecule has 0 amide bonds. The highest BCUT2D eigenvalue weighted by Gasteiger charge is 2.12. The molecule has 1 N–H and O–H groups in total. The zero-order valence-electron chi connectivity index (χ0n) is 11.2. The fraction of sp³-hybridized carbons (Fsp3) is 0.143. The van der Waals surface area contributed by atoms with Crippen molar-refractivity contribution in [3.8, 4) is 11.1 Å². The monoisotopic (exact) mass is 284 g/mol. The van der Waals surface area contributed by atoms with E-state index in [1.807, 2.05) is 0 Å². The number of aliphatic hydroxyl groups is 1. The number of non-ortho nitro benzene ring substituents is 1. The van der Waals surface area contributed by atoms with Crippen LogP contribution in [0.5, 0.6) is 0 Å². The van der Waals surface area contributed by atoms with Crippen molar-refractivity contribution in [1.82, 2.24) is 14.8 Å². The van der Waals surface area contributed by atoms with E-state index in [9.17, 15) is 15.2 Å². The molecule has 0 radical (unpaired) electrons. The van der Waals surface area contributed by atoms with Gasteiger partial charge < -0.3 is 5.11 Å². The first kappa shape index (κ1) is 13.2. The van der Waals surface area contributed by atoms with Crippen molar-refractivity contribution < 1.29 is 10.0 Å². The zero-order valence-corrected chi connectivity index (χ0v) is 11.2. The molecule has 0 bridgehead atoms. The second-order valence-corrected chi connectivity index (χ2v) is 4.63. The van der Waals surface area contributed by atoms with Crippen molar-refractivity contribution in [3.63, 3.8) is 0 Å². The lowest BCUT2D eigenvalue weighted by Gasteiger charge is -2.06. The van der Waals surface area contributed by atoms with Gasteiger partial charge in [-0.25, -0.2) is 4.98 Å². The van der Waals surface area contributed by atoms with Crippen molar-refractivity contribution in [2.75, 3.05) is 0 Å². The van der Waals surface area contributed by atoms with Gasteiger partial charge >= 0.3 is 0 Å². The quantitative estimate of drug-likeness (QED) is 0.586. The Bertz CT molecular complexity index is 824. The third kappa shape index (κ3) is 2.23. The molecule has 3 aromatic rings. The summed E-state index contributed by atoms with van der Waals surface area (Å²) >= 11 is 0. The van der Waals surface area contributed by atoms with Gasteiger partial charge in [0, 0.05) is 24.6 Å². The van der Waals surface area contributed by atoms with Crippen LogP contribution >= 0.6 is 0 Å². The lowest BCUT2D eigenvalue weighted by atomic mass is 10.0. The van der Waals surface area contributed by atoms with Crippen LogP contribution in [0.3, 0.4) is 0 Å². The van der Waals surface area contributed by atoms with Crippen LogP contribution in [0, 0.1) is 10.1 Å². The predicted molar refractivity (Wildman–Crippen MR) is 76.5 cm³/mol. The van der Waals surface area contributed by atoms with Crippen molar-refractivity contribution in [2.45, 2.75) is 6.61 Å². The number of hydrogen-bond acceptors (Lipinski definition) is 5. The molecule has 0 saturated heterocycles. The number of rotatable bonds is 3. The second kappa shape index (κ2) is 4.95. The first-order valence-corrected chi connectivity index (χ1v) is 6.27. The number of nitro benzene ring substituents is 1. The van der Waals surface area contributed by atoms with Gasteiger partial charge in [0.2, 0.25) is 0 Å². The highest BCUT2D eigenvalue weighted by atomic mass is 16.6.